The zero-order valence-electron chi connectivity index (χ0n) is 29.6. The minimum atomic E-state index is -0.938. The topological polar surface area (TPSA) is 205 Å². The lowest BCUT2D eigenvalue weighted by molar-refractivity contribution is 0.0696. The molecule has 6 aromatic heterocycles. The number of hydrogen-bond acceptors (Lipinski definition) is 13. The molecule has 0 fully saturated rings. The van der Waals surface area contributed by atoms with Gasteiger partial charge >= 0.3 is 5.97 Å². The van der Waals surface area contributed by atoms with E-state index in [2.05, 4.69) is 59.5 Å². The van der Waals surface area contributed by atoms with E-state index in [4.69, 9.17) is 34.0 Å². The van der Waals surface area contributed by atoms with Gasteiger partial charge in [0, 0.05) is 17.6 Å². The molecular formula is C36H32Cl2N12O3S2. The minimum absolute atomic E-state index is 0.202. The first kappa shape index (κ1) is 38.8. The summed E-state index contributed by atoms with van der Waals surface area (Å²) in [5.74, 6) is 1.14. The predicted molar refractivity (Wildman–Crippen MR) is 216 cm³/mol. The number of carboxylic acid groups (broad SMARTS) is 1. The van der Waals surface area contributed by atoms with Crippen LogP contribution in [0, 0.1) is 0 Å². The molecule has 0 aliphatic carbocycles. The van der Waals surface area contributed by atoms with Crippen LogP contribution in [0.3, 0.4) is 0 Å². The molecule has 0 bridgehead atoms. The van der Waals surface area contributed by atoms with Gasteiger partial charge in [0.05, 0.1) is 26.0 Å². The van der Waals surface area contributed by atoms with Crippen molar-refractivity contribution in [3.63, 3.8) is 0 Å². The van der Waals surface area contributed by atoms with Crippen LogP contribution in [0.1, 0.15) is 60.5 Å². The Morgan fingerprint density at radius 3 is 1.75 bits per heavy atom. The van der Waals surface area contributed by atoms with Crippen molar-refractivity contribution in [1.29, 1.82) is 0 Å². The molecule has 1 amide bonds. The van der Waals surface area contributed by atoms with Crippen molar-refractivity contribution < 1.29 is 14.7 Å². The molecule has 280 valence electrons. The zero-order chi connectivity index (χ0) is 39.2. The lowest BCUT2D eigenvalue weighted by atomic mass is 10.2. The van der Waals surface area contributed by atoms with Gasteiger partial charge in [0.15, 0.2) is 20.6 Å². The molecule has 15 nitrogen and oxygen atoms in total. The largest absolute Gasteiger partial charge is 0.478 e. The lowest BCUT2D eigenvalue weighted by Gasteiger charge is -2.10. The quantitative estimate of drug-likeness (QED) is 0.138. The van der Waals surface area contributed by atoms with E-state index in [-0.39, 0.29) is 17.5 Å². The van der Waals surface area contributed by atoms with Crippen LogP contribution in [-0.2, 0) is 0 Å². The Labute approximate surface area is 331 Å². The molecule has 8 aromatic rings. The van der Waals surface area contributed by atoms with Crippen molar-refractivity contribution in [1.82, 2.24) is 49.5 Å². The zero-order valence-corrected chi connectivity index (χ0v) is 32.8. The van der Waals surface area contributed by atoms with Crippen LogP contribution in [0.25, 0.3) is 43.5 Å². The molecule has 6 heterocycles. The summed E-state index contributed by atoms with van der Waals surface area (Å²) in [6, 6.07) is 21.4. The van der Waals surface area contributed by atoms with Crippen LogP contribution >= 0.6 is 45.9 Å². The Bertz CT molecular complexity index is 2620. The molecule has 19 heteroatoms. The number of benzene rings is 2. The molecule has 4 N–H and O–H groups in total. The molecule has 0 unspecified atom stereocenters. The first-order valence-corrected chi connectivity index (χ1v) is 18.9. The number of carbonyl (C=O) groups is 2. The molecule has 0 radical (unpaired) electrons. The number of nitrogens with two attached hydrogens (primary N) is 1. The van der Waals surface area contributed by atoms with E-state index in [0.29, 0.717) is 43.7 Å². The van der Waals surface area contributed by atoms with Crippen molar-refractivity contribution in [2.24, 2.45) is 0 Å². The van der Waals surface area contributed by atoms with Crippen LogP contribution in [-0.4, -0.2) is 66.4 Å². The number of anilines is 2. The van der Waals surface area contributed by atoms with E-state index in [0.717, 1.165) is 32.0 Å². The highest BCUT2D eigenvalue weighted by molar-refractivity contribution is 7.22. The maximum Gasteiger partial charge on any atom is 0.335 e. The summed E-state index contributed by atoms with van der Waals surface area (Å²) in [7, 11) is 0. The van der Waals surface area contributed by atoms with Gasteiger partial charge in [-0.15, -0.1) is 43.1 Å². The summed E-state index contributed by atoms with van der Waals surface area (Å²) in [5.41, 5.74) is 9.30. The average molecular weight is 816 g/mol. The van der Waals surface area contributed by atoms with Gasteiger partial charge in [-0.1, -0.05) is 35.3 Å². The number of nitrogens with one attached hydrogen (secondary N) is 1. The first-order chi connectivity index (χ1) is 26.4. The van der Waals surface area contributed by atoms with Crippen LogP contribution in [0.5, 0.6) is 0 Å². The number of nitrogen functional groups attached to an aromatic ring is 1. The first-order valence-electron chi connectivity index (χ1n) is 16.5. The predicted octanol–water partition coefficient (Wildman–Crippen LogP) is 8.59. The molecule has 0 aliphatic rings. The van der Waals surface area contributed by atoms with Crippen molar-refractivity contribution in [2.75, 3.05) is 11.1 Å². The molecule has 0 spiro atoms. The summed E-state index contributed by atoms with van der Waals surface area (Å²) < 4.78 is 6.42. The van der Waals surface area contributed by atoms with Gasteiger partial charge in [0.1, 0.15) is 35.7 Å². The summed E-state index contributed by atoms with van der Waals surface area (Å²) in [4.78, 5) is 40.1. The van der Waals surface area contributed by atoms with Crippen LogP contribution in [0.4, 0.5) is 11.6 Å². The number of aromatic carboxylic acids is 1. The number of thiazole rings is 2. The highest BCUT2D eigenvalue weighted by Crippen LogP contribution is 2.28. The van der Waals surface area contributed by atoms with E-state index in [1.54, 1.807) is 55.1 Å². The molecule has 8 rings (SSSR count). The maximum atomic E-state index is 12.6. The smallest absolute Gasteiger partial charge is 0.335 e. The number of fused-ring (bicyclic) bond motifs is 2. The fraction of sp³-hybridized carbons (Fsp3) is 0.167. The number of aromatic nitrogens is 10. The third kappa shape index (κ3) is 9.44. The molecule has 0 atom stereocenters. The summed E-state index contributed by atoms with van der Waals surface area (Å²) in [6.45, 7) is 8.22. The molecule has 2 aromatic carbocycles. The van der Waals surface area contributed by atoms with Gasteiger partial charge < -0.3 is 25.3 Å². The van der Waals surface area contributed by atoms with Crippen LogP contribution in [0.15, 0.2) is 85.5 Å². The van der Waals surface area contributed by atoms with Crippen molar-refractivity contribution in [2.45, 2.75) is 39.8 Å². The van der Waals surface area contributed by atoms with E-state index >= 15 is 0 Å². The van der Waals surface area contributed by atoms with Gasteiger partial charge in [0.25, 0.3) is 5.91 Å². The maximum absolute atomic E-state index is 12.6. The highest BCUT2D eigenvalue weighted by atomic mass is 35.5. The molecular weight excluding hydrogens is 784 g/mol. The fourth-order valence-electron chi connectivity index (χ4n) is 5.07. The fourth-order valence-corrected chi connectivity index (χ4v) is 7.21. The number of halogens is 2. The lowest BCUT2D eigenvalue weighted by Crippen LogP contribution is -2.13. The Kier molecular flexibility index (Phi) is 12.1. The SMILES string of the molecule is CC(C)n1cnnc1-c1cccc(N)n1.CC(C)n1cnnc1-c1cccc(NC(=O)c2ccc3nc(Cl)sc3c2)n1.O=C(O)c1ccc2nc(Cl)sc2c1. The number of carboxylic acids is 1. The third-order valence-corrected chi connectivity index (χ3v) is 9.96. The Balaban J connectivity index is 0.000000155. The van der Waals surface area contributed by atoms with Crippen molar-refractivity contribution >= 4 is 89.8 Å². The number of rotatable bonds is 7. The van der Waals surface area contributed by atoms with Gasteiger partial charge in [-0.2, -0.15) is 0 Å². The molecule has 0 saturated carbocycles. The van der Waals surface area contributed by atoms with E-state index < -0.39 is 5.97 Å². The minimum Gasteiger partial charge on any atom is -0.478 e. The molecule has 0 saturated heterocycles. The standard InChI is InChI=1S/C18H15ClN6OS.C10H13N5.C8H4ClNO2S/c1-10(2)25-9-20-24-16(25)13-4-3-5-15(21-13)23-17(26)11-6-7-12-14(8-11)27-18(19)22-12;1-7(2)15-6-12-14-10(15)8-4-3-5-9(11)13-8;9-8-10-5-2-1-4(7(11)12)3-6(5)13-8/h3-10H,1-2H3,(H,21,23,26);3-7H,1-2H3,(H2,11,13);1-3H,(H,11,12). The number of hydrogen-bond donors (Lipinski definition) is 3. The summed E-state index contributed by atoms with van der Waals surface area (Å²) in [5, 5.41) is 27.6. The van der Waals surface area contributed by atoms with Crippen LogP contribution in [0.2, 0.25) is 8.93 Å². The Morgan fingerprint density at radius 2 is 1.22 bits per heavy atom. The second-order valence-electron chi connectivity index (χ2n) is 12.2. The van der Waals surface area contributed by atoms with Crippen LogP contribution < -0.4 is 11.1 Å². The van der Waals surface area contributed by atoms with E-state index in [1.807, 2.05) is 47.2 Å². The van der Waals surface area contributed by atoms with E-state index in [9.17, 15) is 9.59 Å². The second-order valence-corrected chi connectivity index (χ2v) is 15.5. The van der Waals surface area contributed by atoms with Gasteiger partial charge in [-0.25, -0.2) is 24.7 Å². The van der Waals surface area contributed by atoms with Gasteiger partial charge in [-0.05, 0) is 88.4 Å². The molecule has 55 heavy (non-hydrogen) atoms. The van der Waals surface area contributed by atoms with Crippen molar-refractivity contribution in [3.8, 4) is 23.0 Å². The number of carbonyl (C=O) groups excluding carboxylic acids is 1. The number of pyridine rings is 2. The Hall–Kier alpha value is -5.88. The number of amides is 1. The summed E-state index contributed by atoms with van der Waals surface area (Å²) in [6.07, 6.45) is 3.37. The van der Waals surface area contributed by atoms with Crippen molar-refractivity contribution in [3.05, 3.63) is 106 Å². The van der Waals surface area contributed by atoms with E-state index in [1.165, 1.54) is 28.7 Å². The number of nitrogens with zero attached hydrogens (tertiary/aromatic N) is 10. The molecule has 0 aliphatic heterocycles. The normalized spacial score (nSPS) is 11.0. The second kappa shape index (κ2) is 17.1. The highest BCUT2D eigenvalue weighted by Gasteiger charge is 2.15. The monoisotopic (exact) mass is 814 g/mol. The summed E-state index contributed by atoms with van der Waals surface area (Å²) >= 11 is 14.2. The third-order valence-electron chi connectivity index (χ3n) is 7.71. The Morgan fingerprint density at radius 1 is 0.709 bits per heavy atom. The van der Waals surface area contributed by atoms with Gasteiger partial charge in [0.2, 0.25) is 0 Å². The van der Waals surface area contributed by atoms with Gasteiger partial charge in [-0.3, -0.25) is 4.79 Å². The average Bonchev–Trinajstić information content (AvgIpc) is 3.97.